The number of hydrogen-bond donors (Lipinski definition) is 2. The van der Waals surface area contributed by atoms with Gasteiger partial charge < -0.3 is 16.0 Å². The normalized spacial score (nSPS) is 10.2. The minimum atomic E-state index is -0.772. The smallest absolute Gasteiger partial charge is 0.251 e. The summed E-state index contributed by atoms with van der Waals surface area (Å²) in [5.41, 5.74) is 7.88. The number of nitrogens with zero attached hydrogens (tertiary/aromatic N) is 1. The highest BCUT2D eigenvalue weighted by Crippen LogP contribution is 2.17. The SMILES string of the molecule is CN(C)c1ccc(CNc2ccc(F)c(C(N)=O)c2)cc1. The van der Waals surface area contributed by atoms with E-state index >= 15 is 0 Å². The number of amides is 1. The van der Waals surface area contributed by atoms with Crippen molar-refractivity contribution < 1.29 is 9.18 Å². The van der Waals surface area contributed by atoms with E-state index in [2.05, 4.69) is 5.32 Å². The first kappa shape index (κ1) is 14.8. The molecular formula is C16H18FN3O. The lowest BCUT2D eigenvalue weighted by atomic mass is 10.1. The van der Waals surface area contributed by atoms with E-state index in [1.807, 2.05) is 43.3 Å². The summed E-state index contributed by atoms with van der Waals surface area (Å²) in [6.45, 7) is 0.581. The number of primary amides is 1. The number of rotatable bonds is 5. The maximum atomic E-state index is 13.4. The van der Waals surface area contributed by atoms with Crippen molar-refractivity contribution in [3.63, 3.8) is 0 Å². The van der Waals surface area contributed by atoms with Crippen LogP contribution in [0.25, 0.3) is 0 Å². The van der Waals surface area contributed by atoms with Gasteiger partial charge in [0, 0.05) is 32.0 Å². The second kappa shape index (κ2) is 6.26. The average molecular weight is 287 g/mol. The predicted octanol–water partition coefficient (Wildman–Crippen LogP) is 2.60. The van der Waals surface area contributed by atoms with Crippen LogP contribution in [0.15, 0.2) is 42.5 Å². The van der Waals surface area contributed by atoms with Gasteiger partial charge in [-0.25, -0.2) is 4.39 Å². The summed E-state index contributed by atoms with van der Waals surface area (Å²) in [7, 11) is 3.97. The number of carbonyl (C=O) groups is 1. The van der Waals surface area contributed by atoms with Crippen molar-refractivity contribution in [1.82, 2.24) is 0 Å². The molecule has 2 aromatic rings. The first-order valence-corrected chi connectivity index (χ1v) is 6.57. The summed E-state index contributed by atoms with van der Waals surface area (Å²) >= 11 is 0. The van der Waals surface area contributed by atoms with E-state index in [9.17, 15) is 9.18 Å². The molecule has 0 aromatic heterocycles. The van der Waals surface area contributed by atoms with Crippen molar-refractivity contribution in [3.8, 4) is 0 Å². The average Bonchev–Trinajstić information content (AvgIpc) is 2.46. The lowest BCUT2D eigenvalue weighted by Gasteiger charge is -2.13. The third-order valence-corrected chi connectivity index (χ3v) is 3.18. The van der Waals surface area contributed by atoms with Crippen LogP contribution in [0, 0.1) is 5.82 Å². The first-order valence-electron chi connectivity index (χ1n) is 6.57. The second-order valence-corrected chi connectivity index (χ2v) is 4.97. The van der Waals surface area contributed by atoms with Gasteiger partial charge >= 0.3 is 0 Å². The van der Waals surface area contributed by atoms with Gasteiger partial charge in [0.1, 0.15) is 5.82 Å². The molecule has 0 unspecified atom stereocenters. The predicted molar refractivity (Wildman–Crippen MR) is 83.0 cm³/mol. The van der Waals surface area contributed by atoms with Crippen LogP contribution in [0.3, 0.4) is 0 Å². The van der Waals surface area contributed by atoms with Gasteiger partial charge in [-0.3, -0.25) is 4.79 Å². The van der Waals surface area contributed by atoms with E-state index in [1.165, 1.54) is 12.1 Å². The van der Waals surface area contributed by atoms with Gasteiger partial charge in [-0.1, -0.05) is 12.1 Å². The lowest BCUT2D eigenvalue weighted by Crippen LogP contribution is -2.13. The molecule has 3 N–H and O–H groups in total. The van der Waals surface area contributed by atoms with E-state index in [0.29, 0.717) is 12.2 Å². The third kappa shape index (κ3) is 3.72. The summed E-state index contributed by atoms with van der Waals surface area (Å²) in [5, 5.41) is 3.14. The largest absolute Gasteiger partial charge is 0.381 e. The third-order valence-electron chi connectivity index (χ3n) is 3.18. The van der Waals surface area contributed by atoms with Gasteiger partial charge in [-0.05, 0) is 35.9 Å². The standard InChI is InChI=1S/C16H18FN3O/c1-20(2)13-6-3-11(4-7-13)10-19-12-5-8-15(17)14(9-12)16(18)21/h3-9,19H,10H2,1-2H3,(H2,18,21). The van der Waals surface area contributed by atoms with Crippen molar-refractivity contribution >= 4 is 17.3 Å². The number of nitrogens with two attached hydrogens (primary N) is 1. The maximum absolute atomic E-state index is 13.4. The Hall–Kier alpha value is -2.56. The molecule has 0 atom stereocenters. The molecule has 0 saturated carbocycles. The zero-order valence-electron chi connectivity index (χ0n) is 12.1. The molecule has 0 spiro atoms. The zero-order chi connectivity index (χ0) is 15.4. The minimum Gasteiger partial charge on any atom is -0.381 e. The number of halogens is 1. The first-order chi connectivity index (χ1) is 9.97. The van der Waals surface area contributed by atoms with Crippen LogP contribution in [-0.2, 0) is 6.54 Å². The van der Waals surface area contributed by atoms with E-state index in [-0.39, 0.29) is 5.56 Å². The van der Waals surface area contributed by atoms with Gasteiger partial charge in [-0.15, -0.1) is 0 Å². The molecule has 4 nitrogen and oxygen atoms in total. The van der Waals surface area contributed by atoms with Crippen molar-refractivity contribution in [3.05, 3.63) is 59.4 Å². The molecule has 0 saturated heterocycles. The molecule has 0 aliphatic heterocycles. The number of nitrogens with one attached hydrogen (secondary N) is 1. The quantitative estimate of drug-likeness (QED) is 0.888. The molecule has 2 rings (SSSR count). The Morgan fingerprint density at radius 3 is 2.43 bits per heavy atom. The molecule has 5 heteroatoms. The lowest BCUT2D eigenvalue weighted by molar-refractivity contribution is 0.0996. The number of carbonyl (C=O) groups excluding carboxylic acids is 1. The van der Waals surface area contributed by atoms with Crippen molar-refractivity contribution in [2.24, 2.45) is 5.73 Å². The topological polar surface area (TPSA) is 58.4 Å². The fraction of sp³-hybridized carbons (Fsp3) is 0.188. The van der Waals surface area contributed by atoms with Gasteiger partial charge in [-0.2, -0.15) is 0 Å². The second-order valence-electron chi connectivity index (χ2n) is 4.97. The van der Waals surface area contributed by atoms with E-state index in [0.717, 1.165) is 11.3 Å². The Kier molecular flexibility index (Phi) is 4.42. The van der Waals surface area contributed by atoms with Gasteiger partial charge in [0.2, 0.25) is 0 Å². The number of hydrogen-bond acceptors (Lipinski definition) is 3. The van der Waals surface area contributed by atoms with Crippen LogP contribution in [0.2, 0.25) is 0 Å². The molecule has 0 fully saturated rings. The van der Waals surface area contributed by atoms with Crippen LogP contribution >= 0.6 is 0 Å². The maximum Gasteiger partial charge on any atom is 0.251 e. The molecule has 110 valence electrons. The summed E-state index contributed by atoms with van der Waals surface area (Å²) in [6.07, 6.45) is 0. The van der Waals surface area contributed by atoms with Crippen molar-refractivity contribution in [2.75, 3.05) is 24.3 Å². The Morgan fingerprint density at radius 1 is 1.19 bits per heavy atom. The van der Waals surface area contributed by atoms with Crippen LogP contribution in [0.4, 0.5) is 15.8 Å². The Bertz CT molecular complexity index is 638. The summed E-state index contributed by atoms with van der Waals surface area (Å²) < 4.78 is 13.4. The van der Waals surface area contributed by atoms with Gasteiger partial charge in [0.25, 0.3) is 5.91 Å². The molecule has 0 heterocycles. The molecule has 1 amide bonds. The highest BCUT2D eigenvalue weighted by Gasteiger charge is 2.08. The Morgan fingerprint density at radius 2 is 1.86 bits per heavy atom. The van der Waals surface area contributed by atoms with Crippen LogP contribution in [0.1, 0.15) is 15.9 Å². The van der Waals surface area contributed by atoms with Gasteiger partial charge in [0.15, 0.2) is 0 Å². The molecular weight excluding hydrogens is 269 g/mol. The van der Waals surface area contributed by atoms with Crippen molar-refractivity contribution in [2.45, 2.75) is 6.54 Å². The number of anilines is 2. The number of benzene rings is 2. The van der Waals surface area contributed by atoms with Gasteiger partial charge in [0.05, 0.1) is 5.56 Å². The molecule has 0 radical (unpaired) electrons. The molecule has 2 aromatic carbocycles. The summed E-state index contributed by atoms with van der Waals surface area (Å²) in [5.74, 6) is -1.38. The highest BCUT2D eigenvalue weighted by molar-refractivity contribution is 5.94. The van der Waals surface area contributed by atoms with Crippen molar-refractivity contribution in [1.29, 1.82) is 0 Å². The van der Waals surface area contributed by atoms with Crippen LogP contribution in [-0.4, -0.2) is 20.0 Å². The fourth-order valence-electron chi connectivity index (χ4n) is 1.94. The molecule has 0 aliphatic rings. The Labute approximate surface area is 123 Å². The fourth-order valence-corrected chi connectivity index (χ4v) is 1.94. The summed E-state index contributed by atoms with van der Waals surface area (Å²) in [4.78, 5) is 13.1. The van der Waals surface area contributed by atoms with E-state index in [1.54, 1.807) is 6.07 Å². The molecule has 0 aliphatic carbocycles. The zero-order valence-corrected chi connectivity index (χ0v) is 12.1. The minimum absolute atomic E-state index is 0.108. The van der Waals surface area contributed by atoms with Crippen LogP contribution < -0.4 is 16.0 Å². The molecule has 0 bridgehead atoms. The van der Waals surface area contributed by atoms with E-state index < -0.39 is 11.7 Å². The van der Waals surface area contributed by atoms with E-state index in [4.69, 9.17) is 5.73 Å². The monoisotopic (exact) mass is 287 g/mol. The molecule has 21 heavy (non-hydrogen) atoms. The van der Waals surface area contributed by atoms with Crippen LogP contribution in [0.5, 0.6) is 0 Å². The Balaban J connectivity index is 2.06. The highest BCUT2D eigenvalue weighted by atomic mass is 19.1. The summed E-state index contributed by atoms with van der Waals surface area (Å²) in [6, 6.07) is 12.3.